The van der Waals surface area contributed by atoms with Crippen LogP contribution in [0.1, 0.15) is 16.2 Å². The van der Waals surface area contributed by atoms with Crippen molar-refractivity contribution in [3.63, 3.8) is 0 Å². The van der Waals surface area contributed by atoms with Crippen molar-refractivity contribution in [2.45, 2.75) is 12.5 Å². The highest BCUT2D eigenvalue weighted by Crippen LogP contribution is 2.31. The average Bonchev–Trinajstić information content (AvgIpc) is 3.50. The first kappa shape index (κ1) is 20.8. The van der Waals surface area contributed by atoms with Crippen molar-refractivity contribution in [3.8, 4) is 11.1 Å². The first-order chi connectivity index (χ1) is 15.6. The monoisotopic (exact) mass is 450 g/mol. The average molecular weight is 451 g/mol. The lowest BCUT2D eigenvalue weighted by Crippen LogP contribution is -2.52. The fourth-order valence-corrected chi connectivity index (χ4v) is 5.06. The van der Waals surface area contributed by atoms with Gasteiger partial charge in [-0.05, 0) is 23.8 Å². The number of aromatic nitrogens is 1. The number of rotatable bonds is 4. The second-order valence-electron chi connectivity index (χ2n) is 8.06. The summed E-state index contributed by atoms with van der Waals surface area (Å²) in [6.45, 7) is 3.26. The molecule has 2 aromatic carbocycles. The molecule has 1 unspecified atom stereocenters. The second kappa shape index (κ2) is 8.80. The predicted molar refractivity (Wildman–Crippen MR) is 122 cm³/mol. The molecule has 2 aliphatic heterocycles. The number of hydrogen-bond donors (Lipinski definition) is 0. The SMILES string of the molecule is O=C(c1nccs1)N1CCN(C2CC(=O)N(c3ccc(F)c(-c4ccccc4)c3)C2)CC1. The zero-order chi connectivity index (χ0) is 22.1. The van der Waals surface area contributed by atoms with E-state index in [4.69, 9.17) is 0 Å². The van der Waals surface area contributed by atoms with Crippen molar-refractivity contribution in [2.75, 3.05) is 37.6 Å². The normalized spacial score (nSPS) is 19.5. The van der Waals surface area contributed by atoms with Crippen molar-refractivity contribution in [1.29, 1.82) is 0 Å². The van der Waals surface area contributed by atoms with Gasteiger partial charge in [-0.2, -0.15) is 0 Å². The first-order valence-electron chi connectivity index (χ1n) is 10.7. The molecule has 1 aromatic heterocycles. The lowest BCUT2D eigenvalue weighted by Gasteiger charge is -2.37. The molecule has 3 aromatic rings. The standard InChI is InChI=1S/C24H23FN4O2S/c25-21-7-6-18(14-20(21)17-4-2-1-3-5-17)29-16-19(15-22(29)30)27-9-11-28(12-10-27)24(31)23-26-8-13-32-23/h1-8,13-14,19H,9-12,15-16H2. The number of amides is 2. The van der Waals surface area contributed by atoms with Crippen LogP contribution in [0.2, 0.25) is 0 Å². The van der Waals surface area contributed by atoms with Gasteiger partial charge in [-0.25, -0.2) is 9.37 Å². The number of benzene rings is 2. The Kier molecular flexibility index (Phi) is 5.71. The summed E-state index contributed by atoms with van der Waals surface area (Å²) in [7, 11) is 0. The summed E-state index contributed by atoms with van der Waals surface area (Å²) in [6.07, 6.45) is 2.07. The van der Waals surface area contributed by atoms with Crippen LogP contribution >= 0.6 is 11.3 Å². The molecule has 0 N–H and O–H groups in total. The maximum absolute atomic E-state index is 14.5. The third-order valence-electron chi connectivity index (χ3n) is 6.18. The Morgan fingerprint density at radius 2 is 1.84 bits per heavy atom. The minimum absolute atomic E-state index is 0.0245. The molecule has 3 heterocycles. The van der Waals surface area contributed by atoms with Crippen molar-refractivity contribution < 1.29 is 14.0 Å². The van der Waals surface area contributed by atoms with Gasteiger partial charge in [0.25, 0.3) is 5.91 Å². The highest BCUT2D eigenvalue weighted by atomic mass is 32.1. The predicted octanol–water partition coefficient (Wildman–Crippen LogP) is 3.51. The second-order valence-corrected chi connectivity index (χ2v) is 8.95. The van der Waals surface area contributed by atoms with Crippen LogP contribution < -0.4 is 4.90 Å². The van der Waals surface area contributed by atoms with Gasteiger partial charge in [-0.15, -0.1) is 11.3 Å². The van der Waals surface area contributed by atoms with E-state index in [1.54, 1.807) is 28.6 Å². The van der Waals surface area contributed by atoms with Gasteiger partial charge in [-0.1, -0.05) is 30.3 Å². The van der Waals surface area contributed by atoms with Crippen LogP contribution in [0.5, 0.6) is 0 Å². The number of thiazole rings is 1. The Labute approximate surface area is 189 Å². The van der Waals surface area contributed by atoms with E-state index in [2.05, 4.69) is 9.88 Å². The van der Waals surface area contributed by atoms with Crippen molar-refractivity contribution in [3.05, 3.63) is 70.9 Å². The van der Waals surface area contributed by atoms with Crippen molar-refractivity contribution >= 4 is 28.8 Å². The third kappa shape index (κ3) is 4.03. The summed E-state index contributed by atoms with van der Waals surface area (Å²) >= 11 is 1.36. The minimum atomic E-state index is -0.302. The van der Waals surface area contributed by atoms with Gasteiger partial charge in [0.15, 0.2) is 5.01 Å². The summed E-state index contributed by atoms with van der Waals surface area (Å²) in [4.78, 5) is 35.3. The molecule has 0 aliphatic carbocycles. The molecular weight excluding hydrogens is 427 g/mol. The molecule has 2 amide bonds. The van der Waals surface area contributed by atoms with E-state index in [1.165, 1.54) is 17.4 Å². The number of nitrogens with zero attached hydrogens (tertiary/aromatic N) is 4. The number of carbonyl (C=O) groups is 2. The highest BCUT2D eigenvalue weighted by Gasteiger charge is 2.36. The van der Waals surface area contributed by atoms with Crippen LogP contribution in [0.25, 0.3) is 11.1 Å². The van der Waals surface area contributed by atoms with Crippen molar-refractivity contribution in [2.24, 2.45) is 0 Å². The van der Waals surface area contributed by atoms with Gasteiger partial charge in [0, 0.05) is 68.0 Å². The zero-order valence-electron chi connectivity index (χ0n) is 17.5. The van der Waals surface area contributed by atoms with E-state index in [-0.39, 0.29) is 23.7 Å². The fraction of sp³-hybridized carbons (Fsp3) is 0.292. The molecule has 8 heteroatoms. The Morgan fingerprint density at radius 1 is 1.06 bits per heavy atom. The summed E-state index contributed by atoms with van der Waals surface area (Å²) < 4.78 is 14.5. The fourth-order valence-electron chi connectivity index (χ4n) is 4.46. The van der Waals surface area contributed by atoms with Gasteiger partial charge in [-0.3, -0.25) is 14.5 Å². The van der Waals surface area contributed by atoms with E-state index in [0.29, 0.717) is 36.6 Å². The highest BCUT2D eigenvalue weighted by molar-refractivity contribution is 7.11. The van der Waals surface area contributed by atoms with Crippen LogP contribution in [0.3, 0.4) is 0 Å². The molecule has 0 spiro atoms. The number of hydrogen-bond acceptors (Lipinski definition) is 5. The summed E-state index contributed by atoms with van der Waals surface area (Å²) in [5, 5.41) is 2.33. The van der Waals surface area contributed by atoms with Gasteiger partial charge in [0.05, 0.1) is 0 Å². The number of piperazine rings is 1. The molecule has 5 rings (SSSR count). The van der Waals surface area contributed by atoms with Crippen molar-refractivity contribution in [1.82, 2.24) is 14.8 Å². The maximum Gasteiger partial charge on any atom is 0.282 e. The molecule has 6 nitrogen and oxygen atoms in total. The number of anilines is 1. The Balaban J connectivity index is 1.26. The smallest absolute Gasteiger partial charge is 0.282 e. The number of halogens is 1. The molecule has 0 bridgehead atoms. The minimum Gasteiger partial charge on any atom is -0.334 e. The molecular formula is C24H23FN4O2S. The lowest BCUT2D eigenvalue weighted by atomic mass is 10.0. The Morgan fingerprint density at radius 3 is 2.56 bits per heavy atom. The van der Waals surface area contributed by atoms with E-state index in [1.807, 2.05) is 35.2 Å². The molecule has 2 aliphatic rings. The van der Waals surface area contributed by atoms with E-state index in [9.17, 15) is 14.0 Å². The summed E-state index contributed by atoms with van der Waals surface area (Å²) in [6, 6.07) is 14.3. The summed E-state index contributed by atoms with van der Waals surface area (Å²) in [5.74, 6) is -0.283. The van der Waals surface area contributed by atoms with Crippen LogP contribution in [-0.2, 0) is 4.79 Å². The Hall–Kier alpha value is -3.10. The first-order valence-corrected chi connectivity index (χ1v) is 11.6. The maximum atomic E-state index is 14.5. The molecule has 32 heavy (non-hydrogen) atoms. The van der Waals surface area contributed by atoms with Gasteiger partial charge < -0.3 is 9.80 Å². The Bertz CT molecular complexity index is 1110. The van der Waals surface area contributed by atoms with Gasteiger partial charge in [0.2, 0.25) is 5.91 Å². The molecule has 1 atom stereocenters. The van der Waals surface area contributed by atoms with Gasteiger partial charge in [0.1, 0.15) is 5.82 Å². The van der Waals surface area contributed by atoms with E-state index >= 15 is 0 Å². The van der Waals surface area contributed by atoms with Gasteiger partial charge >= 0.3 is 0 Å². The summed E-state index contributed by atoms with van der Waals surface area (Å²) in [5.41, 5.74) is 2.00. The molecule has 164 valence electrons. The van der Waals surface area contributed by atoms with Crippen LogP contribution in [-0.4, -0.2) is 65.4 Å². The van der Waals surface area contributed by atoms with E-state index in [0.717, 1.165) is 24.3 Å². The zero-order valence-corrected chi connectivity index (χ0v) is 18.3. The van der Waals surface area contributed by atoms with E-state index < -0.39 is 0 Å². The molecule has 2 fully saturated rings. The van der Waals surface area contributed by atoms with Crippen LogP contribution in [0.15, 0.2) is 60.1 Å². The van der Waals surface area contributed by atoms with Crippen LogP contribution in [0.4, 0.5) is 10.1 Å². The molecule has 0 radical (unpaired) electrons. The molecule has 2 saturated heterocycles. The van der Waals surface area contributed by atoms with Crippen LogP contribution in [0, 0.1) is 5.82 Å². The number of carbonyl (C=O) groups excluding carboxylic acids is 2. The molecule has 0 saturated carbocycles. The third-order valence-corrected chi connectivity index (χ3v) is 6.95. The lowest BCUT2D eigenvalue weighted by molar-refractivity contribution is -0.117. The quantitative estimate of drug-likeness (QED) is 0.611. The largest absolute Gasteiger partial charge is 0.334 e. The topological polar surface area (TPSA) is 56.8 Å².